The highest BCUT2D eigenvalue weighted by Gasteiger charge is 2.40. The fraction of sp³-hybridized carbons (Fsp3) is 0.250. The molecule has 2 fully saturated rings. The maximum absolute atomic E-state index is 13.0. The van der Waals surface area contributed by atoms with Gasteiger partial charge >= 0.3 is 0 Å². The summed E-state index contributed by atoms with van der Waals surface area (Å²) in [7, 11) is 0. The number of carbonyl (C=O) groups is 2. The smallest absolute Gasteiger partial charge is 0.264 e. The molecule has 2 aromatic carbocycles. The summed E-state index contributed by atoms with van der Waals surface area (Å²) < 4.78 is 22.0. The zero-order chi connectivity index (χ0) is 21.7. The fourth-order valence-corrected chi connectivity index (χ4v) is 4.18. The van der Waals surface area contributed by atoms with Gasteiger partial charge in [-0.25, -0.2) is 0 Å². The Kier molecular flexibility index (Phi) is 4.65. The number of nitrogens with zero attached hydrogens (tertiary/aromatic N) is 2. The van der Waals surface area contributed by atoms with Crippen molar-refractivity contribution in [1.29, 1.82) is 0 Å². The van der Waals surface area contributed by atoms with Gasteiger partial charge in [0.15, 0.2) is 12.6 Å². The molecular formula is C24H20N2O6. The SMILES string of the molecule is O=C1C2=CN(c3ccc(C4OCCO4)cc3)C(=O)C2=CN1c1ccc(C2OCCO2)cc1. The summed E-state index contributed by atoms with van der Waals surface area (Å²) in [6.45, 7) is 2.28. The number of amides is 2. The molecule has 8 nitrogen and oxygen atoms in total. The number of hydrogen-bond acceptors (Lipinski definition) is 6. The first-order valence-electron chi connectivity index (χ1n) is 10.5. The van der Waals surface area contributed by atoms with Crippen LogP contribution >= 0.6 is 0 Å². The van der Waals surface area contributed by atoms with E-state index in [4.69, 9.17) is 18.9 Å². The van der Waals surface area contributed by atoms with Gasteiger partial charge < -0.3 is 18.9 Å². The van der Waals surface area contributed by atoms with E-state index in [-0.39, 0.29) is 24.4 Å². The molecule has 0 N–H and O–H groups in total. The van der Waals surface area contributed by atoms with Crippen molar-refractivity contribution in [2.45, 2.75) is 12.6 Å². The summed E-state index contributed by atoms with van der Waals surface area (Å²) >= 11 is 0. The van der Waals surface area contributed by atoms with E-state index in [9.17, 15) is 9.59 Å². The summed E-state index contributed by atoms with van der Waals surface area (Å²) in [5.41, 5.74) is 3.91. The van der Waals surface area contributed by atoms with E-state index in [1.54, 1.807) is 12.4 Å². The van der Waals surface area contributed by atoms with Gasteiger partial charge in [-0.05, 0) is 24.3 Å². The van der Waals surface area contributed by atoms with E-state index in [0.29, 0.717) is 48.9 Å². The average molecular weight is 432 g/mol. The topological polar surface area (TPSA) is 77.5 Å². The number of hydrogen-bond donors (Lipinski definition) is 0. The molecule has 162 valence electrons. The normalized spacial score (nSPS) is 21.5. The molecule has 4 heterocycles. The molecule has 4 aliphatic heterocycles. The molecule has 4 aliphatic rings. The minimum atomic E-state index is -0.368. The quantitative estimate of drug-likeness (QED) is 0.740. The van der Waals surface area contributed by atoms with Crippen molar-refractivity contribution in [3.63, 3.8) is 0 Å². The monoisotopic (exact) mass is 432 g/mol. The lowest BCUT2D eigenvalue weighted by Gasteiger charge is -2.18. The van der Waals surface area contributed by atoms with E-state index >= 15 is 0 Å². The van der Waals surface area contributed by atoms with Crippen LogP contribution in [-0.2, 0) is 28.5 Å². The Morgan fingerprint density at radius 1 is 0.562 bits per heavy atom. The summed E-state index contributed by atoms with van der Waals surface area (Å²) in [4.78, 5) is 29.0. The van der Waals surface area contributed by atoms with Crippen LogP contribution in [-0.4, -0.2) is 38.2 Å². The van der Waals surface area contributed by atoms with Crippen molar-refractivity contribution >= 4 is 23.2 Å². The number of fused-ring (bicyclic) bond motifs is 1. The molecule has 0 bridgehead atoms. The molecular weight excluding hydrogens is 412 g/mol. The molecule has 0 unspecified atom stereocenters. The van der Waals surface area contributed by atoms with E-state index in [1.807, 2.05) is 48.5 Å². The number of benzene rings is 2. The predicted molar refractivity (Wildman–Crippen MR) is 113 cm³/mol. The largest absolute Gasteiger partial charge is 0.346 e. The second kappa shape index (κ2) is 7.68. The third-order valence-corrected chi connectivity index (χ3v) is 5.84. The molecule has 2 saturated heterocycles. The number of rotatable bonds is 4. The van der Waals surface area contributed by atoms with Crippen LogP contribution in [0.15, 0.2) is 72.1 Å². The maximum Gasteiger partial charge on any atom is 0.264 e. The molecule has 2 aromatic rings. The van der Waals surface area contributed by atoms with E-state index in [1.165, 1.54) is 9.80 Å². The van der Waals surface area contributed by atoms with Crippen molar-refractivity contribution in [3.8, 4) is 0 Å². The van der Waals surface area contributed by atoms with Crippen LogP contribution in [0.5, 0.6) is 0 Å². The van der Waals surface area contributed by atoms with Gasteiger partial charge in [0, 0.05) is 34.9 Å². The highest BCUT2D eigenvalue weighted by atomic mass is 16.7. The predicted octanol–water partition coefficient (Wildman–Crippen LogP) is 2.94. The molecule has 0 aromatic heterocycles. The van der Waals surface area contributed by atoms with Gasteiger partial charge in [-0.3, -0.25) is 19.4 Å². The van der Waals surface area contributed by atoms with Gasteiger partial charge in [-0.15, -0.1) is 0 Å². The first-order valence-corrected chi connectivity index (χ1v) is 10.5. The van der Waals surface area contributed by atoms with Gasteiger partial charge in [-0.2, -0.15) is 0 Å². The first-order chi connectivity index (χ1) is 15.7. The molecule has 32 heavy (non-hydrogen) atoms. The van der Waals surface area contributed by atoms with Crippen LogP contribution in [0, 0.1) is 0 Å². The van der Waals surface area contributed by atoms with Crippen LogP contribution in [0.25, 0.3) is 0 Å². The molecule has 0 radical (unpaired) electrons. The number of anilines is 2. The van der Waals surface area contributed by atoms with Gasteiger partial charge in [0.2, 0.25) is 0 Å². The summed E-state index contributed by atoms with van der Waals surface area (Å²) in [5, 5.41) is 0. The number of carbonyl (C=O) groups excluding carboxylic acids is 2. The Balaban J connectivity index is 1.21. The minimum absolute atomic E-state index is 0.235. The molecule has 0 saturated carbocycles. The van der Waals surface area contributed by atoms with Gasteiger partial charge in [0.25, 0.3) is 11.8 Å². The van der Waals surface area contributed by atoms with Gasteiger partial charge in [0.05, 0.1) is 37.6 Å². The van der Waals surface area contributed by atoms with Crippen molar-refractivity contribution in [3.05, 3.63) is 83.2 Å². The molecule has 2 amide bonds. The zero-order valence-electron chi connectivity index (χ0n) is 17.1. The lowest BCUT2D eigenvalue weighted by Crippen LogP contribution is -2.24. The minimum Gasteiger partial charge on any atom is -0.346 e. The van der Waals surface area contributed by atoms with Crippen molar-refractivity contribution in [2.24, 2.45) is 0 Å². The van der Waals surface area contributed by atoms with Crippen LogP contribution in [0.2, 0.25) is 0 Å². The lowest BCUT2D eigenvalue weighted by molar-refractivity contribution is -0.115. The van der Waals surface area contributed by atoms with Gasteiger partial charge in [0.1, 0.15) is 0 Å². The second-order valence-electron chi connectivity index (χ2n) is 7.77. The van der Waals surface area contributed by atoms with Crippen molar-refractivity contribution in [1.82, 2.24) is 0 Å². The second-order valence-corrected chi connectivity index (χ2v) is 7.77. The van der Waals surface area contributed by atoms with E-state index in [0.717, 1.165) is 11.1 Å². The lowest BCUT2D eigenvalue weighted by atomic mass is 10.1. The molecule has 0 atom stereocenters. The third-order valence-electron chi connectivity index (χ3n) is 5.84. The van der Waals surface area contributed by atoms with E-state index in [2.05, 4.69) is 0 Å². The van der Waals surface area contributed by atoms with Crippen LogP contribution in [0.4, 0.5) is 11.4 Å². The standard InChI is InChI=1S/C24H20N2O6/c27-21-20-14-26(18-7-3-16(4-8-18)24-31-11-12-32-24)22(28)19(20)13-25(21)17-5-1-15(2-6-17)23-29-9-10-30-23/h1-8,13-14,23-24H,9-12H2. The van der Waals surface area contributed by atoms with Crippen LogP contribution in [0.1, 0.15) is 23.7 Å². The molecule has 0 aliphatic carbocycles. The highest BCUT2D eigenvalue weighted by Crippen LogP contribution is 2.37. The Bertz CT molecular complexity index is 1030. The van der Waals surface area contributed by atoms with Crippen molar-refractivity contribution in [2.75, 3.05) is 36.2 Å². The highest BCUT2D eigenvalue weighted by molar-refractivity contribution is 6.28. The van der Waals surface area contributed by atoms with Crippen LogP contribution in [0.3, 0.4) is 0 Å². The Labute approximate surface area is 184 Å². The summed E-state index contributed by atoms with van der Waals surface area (Å²) in [5.74, 6) is -0.470. The first kappa shape index (κ1) is 19.4. The van der Waals surface area contributed by atoms with Crippen LogP contribution < -0.4 is 9.80 Å². The molecule has 0 spiro atoms. The summed E-state index contributed by atoms with van der Waals surface area (Å²) in [6, 6.07) is 14.8. The fourth-order valence-electron chi connectivity index (χ4n) is 4.18. The Morgan fingerprint density at radius 3 is 1.25 bits per heavy atom. The summed E-state index contributed by atoms with van der Waals surface area (Å²) in [6.07, 6.45) is 2.46. The Morgan fingerprint density at radius 2 is 0.906 bits per heavy atom. The Hall–Kier alpha value is -3.30. The third kappa shape index (κ3) is 3.16. The maximum atomic E-state index is 13.0. The molecule has 6 rings (SSSR count). The molecule has 8 heteroatoms. The van der Waals surface area contributed by atoms with Gasteiger partial charge in [-0.1, -0.05) is 24.3 Å². The number of ether oxygens (including phenoxy) is 4. The van der Waals surface area contributed by atoms with Crippen molar-refractivity contribution < 1.29 is 28.5 Å². The van der Waals surface area contributed by atoms with E-state index < -0.39 is 0 Å². The zero-order valence-corrected chi connectivity index (χ0v) is 17.1. The average Bonchev–Trinajstić information content (AvgIpc) is 3.62.